The molecule has 0 aromatic heterocycles. The van der Waals surface area contributed by atoms with Gasteiger partial charge in [0.2, 0.25) is 0 Å². The van der Waals surface area contributed by atoms with Crippen molar-refractivity contribution in [3.8, 4) is 0 Å². The van der Waals surface area contributed by atoms with E-state index >= 15 is 0 Å². The van der Waals surface area contributed by atoms with Crippen LogP contribution in [0.4, 0.5) is 0 Å². The van der Waals surface area contributed by atoms with Crippen LogP contribution >= 0.6 is 0 Å². The van der Waals surface area contributed by atoms with Gasteiger partial charge in [-0.15, -0.1) is 0 Å². The van der Waals surface area contributed by atoms with Crippen LogP contribution in [0.1, 0.15) is 201 Å². The van der Waals surface area contributed by atoms with E-state index in [1.54, 1.807) is 0 Å². The number of carbonyl (C=O) groups is 3. The molecule has 1 unspecified atom stereocenters. The Morgan fingerprint density at radius 1 is 0.368 bits per heavy atom. The number of rotatable bonds is 40. The Labute approximate surface area is 350 Å². The number of unbranched alkanes of at least 4 members (excludes halogenated alkanes) is 15. The molecule has 0 aliphatic carbocycles. The second-order valence-electron chi connectivity index (χ2n) is 14.9. The smallest absolute Gasteiger partial charge is 0.306 e. The molecule has 0 saturated heterocycles. The summed E-state index contributed by atoms with van der Waals surface area (Å²) in [4.78, 5) is 37.7. The zero-order valence-corrected chi connectivity index (χ0v) is 36.8. The van der Waals surface area contributed by atoms with Gasteiger partial charge in [0.1, 0.15) is 13.2 Å². The average Bonchev–Trinajstić information content (AvgIpc) is 3.21. The van der Waals surface area contributed by atoms with Gasteiger partial charge < -0.3 is 14.2 Å². The Morgan fingerprint density at radius 2 is 0.719 bits per heavy atom. The second kappa shape index (κ2) is 45.3. The van der Waals surface area contributed by atoms with Gasteiger partial charge in [0.15, 0.2) is 6.10 Å². The van der Waals surface area contributed by atoms with Crippen LogP contribution in [0.3, 0.4) is 0 Å². The zero-order valence-electron chi connectivity index (χ0n) is 36.8. The van der Waals surface area contributed by atoms with E-state index in [1.807, 2.05) is 12.2 Å². The van der Waals surface area contributed by atoms with E-state index in [0.29, 0.717) is 19.3 Å². The van der Waals surface area contributed by atoms with Crippen LogP contribution in [0.15, 0.2) is 85.1 Å². The molecule has 6 nitrogen and oxygen atoms in total. The van der Waals surface area contributed by atoms with Crippen molar-refractivity contribution in [2.24, 2.45) is 0 Å². The summed E-state index contributed by atoms with van der Waals surface area (Å²) in [5.74, 6) is -1.04. The lowest BCUT2D eigenvalue weighted by Gasteiger charge is -2.18. The van der Waals surface area contributed by atoms with E-state index in [0.717, 1.165) is 83.5 Å². The van der Waals surface area contributed by atoms with Crippen LogP contribution in [-0.4, -0.2) is 37.2 Å². The fraction of sp³-hybridized carbons (Fsp3) is 0.667. The Kier molecular flexibility index (Phi) is 42.6. The van der Waals surface area contributed by atoms with E-state index in [9.17, 15) is 14.4 Å². The van der Waals surface area contributed by atoms with Gasteiger partial charge in [-0.1, -0.05) is 189 Å². The summed E-state index contributed by atoms with van der Waals surface area (Å²) in [6.07, 6.45) is 57.3. The quantitative estimate of drug-likeness (QED) is 0.0266. The maximum Gasteiger partial charge on any atom is 0.306 e. The topological polar surface area (TPSA) is 78.9 Å². The Morgan fingerprint density at radius 3 is 1.18 bits per heavy atom. The summed E-state index contributed by atoms with van der Waals surface area (Å²) in [5, 5.41) is 0. The summed E-state index contributed by atoms with van der Waals surface area (Å²) in [7, 11) is 0. The monoisotopic (exact) mass is 793 g/mol. The summed E-state index contributed by atoms with van der Waals surface area (Å²) in [5.41, 5.74) is 0. The van der Waals surface area contributed by atoms with Crippen LogP contribution < -0.4 is 0 Å². The van der Waals surface area contributed by atoms with Crippen LogP contribution in [-0.2, 0) is 28.6 Å². The molecule has 0 spiro atoms. The van der Waals surface area contributed by atoms with Gasteiger partial charge in [-0.25, -0.2) is 0 Å². The molecule has 0 radical (unpaired) electrons. The highest BCUT2D eigenvalue weighted by atomic mass is 16.6. The minimum Gasteiger partial charge on any atom is -0.462 e. The minimum atomic E-state index is -0.815. The molecule has 0 heterocycles. The van der Waals surface area contributed by atoms with Crippen molar-refractivity contribution >= 4 is 17.9 Å². The first-order valence-electron chi connectivity index (χ1n) is 23.1. The van der Waals surface area contributed by atoms with Crippen LogP contribution in [0.5, 0.6) is 0 Å². The Bertz CT molecular complexity index is 1140. The number of ether oxygens (including phenoxy) is 3. The maximum atomic E-state index is 12.7. The molecule has 1 atom stereocenters. The molecule has 0 N–H and O–H groups in total. The van der Waals surface area contributed by atoms with Gasteiger partial charge >= 0.3 is 17.9 Å². The van der Waals surface area contributed by atoms with Crippen molar-refractivity contribution in [2.75, 3.05) is 13.2 Å². The number of esters is 3. The highest BCUT2D eigenvalue weighted by Crippen LogP contribution is 2.14. The highest BCUT2D eigenvalue weighted by Gasteiger charge is 2.19. The first-order chi connectivity index (χ1) is 28.0. The molecule has 0 saturated carbocycles. The van der Waals surface area contributed by atoms with Gasteiger partial charge in [0.05, 0.1) is 0 Å². The standard InChI is InChI=1S/C51H84O6/c1-4-7-10-13-16-19-21-23-25-26-28-29-32-35-38-41-44-50(53)56-47-48(46-55-49(52)43-40-37-34-31-18-15-12-9-6-3)57-51(54)45-42-39-36-33-30-27-24-22-20-17-14-11-8-5-2/h7,9-10,12,16,18-19,23,25,28-29,31,35,38,48H,4-6,8,11,13-15,17,20-22,24,26-27,30,32-34,36-37,39-47H2,1-3H3/b10-7-,12-9-,19-16-,25-23-,29-28-,31-18-,38-35-. The Hall–Kier alpha value is -3.41. The van der Waals surface area contributed by atoms with Crippen molar-refractivity contribution in [2.45, 2.75) is 207 Å². The van der Waals surface area contributed by atoms with Gasteiger partial charge in [-0.05, 0) is 77.0 Å². The van der Waals surface area contributed by atoms with E-state index < -0.39 is 6.10 Å². The summed E-state index contributed by atoms with van der Waals surface area (Å²) >= 11 is 0. The number of allylic oxidation sites excluding steroid dienone is 14. The SMILES string of the molecule is CC/C=C\C/C=C\C/C=C\C/C=C\C/C=C\CCC(=O)OCC(COC(=O)CCCC/C=C\C/C=C\CC)OC(=O)CCCCCCCCCCCCCCCC. The third kappa shape index (κ3) is 43.6. The molecule has 0 bridgehead atoms. The highest BCUT2D eigenvalue weighted by molar-refractivity contribution is 5.71. The Balaban J connectivity index is 4.49. The molecule has 0 aromatic rings. The molecule has 0 aliphatic heterocycles. The lowest BCUT2D eigenvalue weighted by molar-refractivity contribution is -0.166. The van der Waals surface area contributed by atoms with Crippen molar-refractivity contribution in [1.82, 2.24) is 0 Å². The largest absolute Gasteiger partial charge is 0.462 e. The van der Waals surface area contributed by atoms with E-state index in [-0.39, 0.29) is 37.5 Å². The number of carbonyl (C=O) groups excluding carboxylic acids is 3. The fourth-order valence-corrected chi connectivity index (χ4v) is 6.00. The first-order valence-corrected chi connectivity index (χ1v) is 23.1. The lowest BCUT2D eigenvalue weighted by Crippen LogP contribution is -2.30. The predicted octanol–water partition coefficient (Wildman–Crippen LogP) is 14.9. The molecule has 0 aliphatic rings. The molecule has 0 aromatic carbocycles. The van der Waals surface area contributed by atoms with Gasteiger partial charge in [0.25, 0.3) is 0 Å². The van der Waals surface area contributed by atoms with Crippen molar-refractivity contribution < 1.29 is 28.6 Å². The van der Waals surface area contributed by atoms with Crippen LogP contribution in [0.25, 0.3) is 0 Å². The third-order valence-electron chi connectivity index (χ3n) is 9.41. The maximum absolute atomic E-state index is 12.7. The van der Waals surface area contributed by atoms with Crippen LogP contribution in [0, 0.1) is 0 Å². The predicted molar refractivity (Wildman–Crippen MR) is 242 cm³/mol. The van der Waals surface area contributed by atoms with Gasteiger partial charge in [0, 0.05) is 19.3 Å². The molecular formula is C51H84O6. The number of hydrogen-bond donors (Lipinski definition) is 0. The van der Waals surface area contributed by atoms with Crippen LogP contribution in [0.2, 0.25) is 0 Å². The molecule has 6 heteroatoms. The van der Waals surface area contributed by atoms with Gasteiger partial charge in [-0.3, -0.25) is 14.4 Å². The summed E-state index contributed by atoms with van der Waals surface area (Å²) < 4.78 is 16.6. The lowest BCUT2D eigenvalue weighted by atomic mass is 10.0. The fourth-order valence-electron chi connectivity index (χ4n) is 6.00. The molecular weight excluding hydrogens is 709 g/mol. The van der Waals surface area contributed by atoms with Gasteiger partial charge in [-0.2, -0.15) is 0 Å². The molecule has 0 rings (SSSR count). The molecule has 0 fully saturated rings. The first kappa shape index (κ1) is 53.6. The van der Waals surface area contributed by atoms with E-state index in [1.165, 1.54) is 70.6 Å². The molecule has 57 heavy (non-hydrogen) atoms. The molecule has 0 amide bonds. The van der Waals surface area contributed by atoms with Crippen molar-refractivity contribution in [3.63, 3.8) is 0 Å². The zero-order chi connectivity index (χ0) is 41.5. The minimum absolute atomic E-state index is 0.116. The summed E-state index contributed by atoms with van der Waals surface area (Å²) in [6, 6.07) is 0. The normalized spacial score (nSPS) is 12.8. The summed E-state index contributed by atoms with van der Waals surface area (Å²) in [6.45, 7) is 6.28. The number of hydrogen-bond acceptors (Lipinski definition) is 6. The van der Waals surface area contributed by atoms with E-state index in [4.69, 9.17) is 14.2 Å². The average molecular weight is 793 g/mol. The molecule has 324 valence electrons. The van der Waals surface area contributed by atoms with Crippen molar-refractivity contribution in [3.05, 3.63) is 85.1 Å². The van der Waals surface area contributed by atoms with E-state index in [2.05, 4.69) is 93.7 Å². The second-order valence-corrected chi connectivity index (χ2v) is 14.9. The third-order valence-corrected chi connectivity index (χ3v) is 9.41. The van der Waals surface area contributed by atoms with Crippen molar-refractivity contribution in [1.29, 1.82) is 0 Å².